The minimum absolute atomic E-state index is 0.0613. The van der Waals surface area contributed by atoms with Gasteiger partial charge in [0.05, 0.1) is 45.7 Å². The Bertz CT molecular complexity index is 1700. The quantitative estimate of drug-likeness (QED) is 0.0684. The lowest BCUT2D eigenvalue weighted by atomic mass is 9.46. The number of aliphatic hydroxyl groups is 2. The minimum Gasteiger partial charge on any atom is -0.496 e. The summed E-state index contributed by atoms with van der Waals surface area (Å²) in [5.74, 6) is 1.13. The number of amides is 2. The van der Waals surface area contributed by atoms with E-state index in [1.54, 1.807) is 25.2 Å². The highest BCUT2D eigenvalue weighted by molar-refractivity contribution is 5.99. The monoisotopic (exact) mass is 792 g/mol. The van der Waals surface area contributed by atoms with Gasteiger partial charge in [0.2, 0.25) is 5.91 Å². The Morgan fingerprint density at radius 1 is 1.11 bits per heavy atom. The fourth-order valence-corrected chi connectivity index (χ4v) is 9.25. The molecule has 1 heterocycles. The SMILES string of the molecule is C=C1[C@@H](NCOC[C@@H]2[C@H]([C@H](C)O)[C@H](CO)ON2Cc2cccc(-c3cc(NC(=O)C(C)C)cc(C(=O)N[C@@H](CC(C)C)CN(C)C)c3)c2OC)C[C@H]2C[C@@H]1C2(C)C. The zero-order valence-corrected chi connectivity index (χ0v) is 35.9. The van der Waals surface area contributed by atoms with Gasteiger partial charge >= 0.3 is 0 Å². The number of carbonyl (C=O) groups excluding carboxylic acids is 2. The molecule has 4 aliphatic rings. The number of hydrogen-bond acceptors (Lipinski definition) is 10. The third-order valence-corrected chi connectivity index (χ3v) is 12.5. The van der Waals surface area contributed by atoms with Crippen LogP contribution in [0.25, 0.3) is 11.1 Å². The molecule has 1 saturated heterocycles. The lowest BCUT2D eigenvalue weighted by molar-refractivity contribution is -0.184. The van der Waals surface area contributed by atoms with Crippen LogP contribution >= 0.6 is 0 Å². The van der Waals surface area contributed by atoms with E-state index in [1.165, 1.54) is 12.0 Å². The van der Waals surface area contributed by atoms with Gasteiger partial charge in [-0.25, -0.2) is 0 Å². The Balaban J connectivity index is 1.39. The summed E-state index contributed by atoms with van der Waals surface area (Å²) in [5.41, 5.74) is 4.72. The molecule has 12 heteroatoms. The van der Waals surface area contributed by atoms with Crippen molar-refractivity contribution in [2.75, 3.05) is 53.0 Å². The van der Waals surface area contributed by atoms with Crippen LogP contribution in [0.15, 0.2) is 48.6 Å². The standard InChI is InChI=1S/C45H69N5O7/c1-26(2)15-35(22-49(9)10)48-44(54)32-16-31(17-34(18-32)47-43(53)27(3)4)36-14-12-13-30(42(36)55-11)21-50-39(41(29(6)52)40(23-51)57-50)24-56-25-46-38-20-33-19-37(28(38)5)45(33,7)8/h12-14,16-18,26-27,29,33,35,37-41,46,51-52H,5,15,19-25H2,1-4,6-11H3,(H,47,53)(H,48,54)/t29-,33+,35-,37-,38-,39+,40-,41-/m0/s1. The van der Waals surface area contributed by atoms with Crippen LogP contribution in [-0.4, -0.2) is 110 Å². The summed E-state index contributed by atoms with van der Waals surface area (Å²) >= 11 is 0. The van der Waals surface area contributed by atoms with Gasteiger partial charge in [-0.15, -0.1) is 0 Å². The molecule has 57 heavy (non-hydrogen) atoms. The normalized spacial score (nSPS) is 25.4. The molecule has 0 unspecified atom stereocenters. The molecule has 0 spiro atoms. The van der Waals surface area contributed by atoms with E-state index in [1.807, 2.05) is 58.3 Å². The second-order valence-electron chi connectivity index (χ2n) is 18.2. The molecule has 6 rings (SSSR count). The van der Waals surface area contributed by atoms with Crippen LogP contribution in [0, 0.1) is 35.0 Å². The third kappa shape index (κ3) is 10.5. The van der Waals surface area contributed by atoms with E-state index in [2.05, 4.69) is 55.1 Å². The predicted molar refractivity (Wildman–Crippen MR) is 224 cm³/mol. The summed E-state index contributed by atoms with van der Waals surface area (Å²) in [4.78, 5) is 35.2. The second kappa shape index (κ2) is 19.1. The molecule has 3 saturated carbocycles. The highest BCUT2D eigenvalue weighted by Crippen LogP contribution is 2.60. The molecule has 4 fully saturated rings. The summed E-state index contributed by atoms with van der Waals surface area (Å²) < 4.78 is 12.3. The van der Waals surface area contributed by atoms with Gasteiger partial charge in [-0.2, -0.15) is 5.06 Å². The fourth-order valence-electron chi connectivity index (χ4n) is 9.25. The lowest BCUT2D eigenvalue weighted by Crippen LogP contribution is -2.56. The largest absolute Gasteiger partial charge is 0.496 e. The highest BCUT2D eigenvalue weighted by atomic mass is 16.7. The zero-order chi connectivity index (χ0) is 41.8. The van der Waals surface area contributed by atoms with E-state index in [0.29, 0.717) is 59.0 Å². The first-order valence-electron chi connectivity index (χ1n) is 20.7. The Labute approximate surface area is 340 Å². The van der Waals surface area contributed by atoms with Crippen molar-refractivity contribution >= 4 is 17.5 Å². The maximum atomic E-state index is 13.9. The van der Waals surface area contributed by atoms with Crippen LogP contribution in [0.5, 0.6) is 5.75 Å². The zero-order valence-electron chi connectivity index (χ0n) is 35.9. The lowest BCUT2D eigenvalue weighted by Gasteiger charge is -2.60. The van der Waals surface area contributed by atoms with Crippen LogP contribution in [-0.2, 0) is 20.9 Å². The molecule has 8 atom stereocenters. The molecule has 2 bridgehead atoms. The van der Waals surface area contributed by atoms with Crippen LogP contribution < -0.4 is 20.7 Å². The fraction of sp³-hybridized carbons (Fsp3) is 0.644. The van der Waals surface area contributed by atoms with Crippen LogP contribution in [0.1, 0.15) is 83.7 Å². The molecule has 5 N–H and O–H groups in total. The van der Waals surface area contributed by atoms with Gasteiger partial charge < -0.3 is 35.2 Å². The van der Waals surface area contributed by atoms with Crippen molar-refractivity contribution in [3.05, 3.63) is 59.7 Å². The van der Waals surface area contributed by atoms with Crippen molar-refractivity contribution in [3.63, 3.8) is 0 Å². The number of rotatable bonds is 19. The molecule has 2 aromatic rings. The Morgan fingerprint density at radius 2 is 1.84 bits per heavy atom. The molecule has 316 valence electrons. The Kier molecular flexibility index (Phi) is 15.0. The highest BCUT2D eigenvalue weighted by Gasteiger charge is 2.54. The second-order valence-corrected chi connectivity index (χ2v) is 18.2. The number of methoxy groups -OCH3 is 1. The molecular formula is C45H69N5O7. The number of nitrogens with one attached hydrogen (secondary N) is 3. The Hall–Kier alpha value is -3.36. The van der Waals surface area contributed by atoms with Gasteiger partial charge in [-0.05, 0) is 87.2 Å². The molecule has 1 aliphatic heterocycles. The van der Waals surface area contributed by atoms with Gasteiger partial charge in [0, 0.05) is 52.8 Å². The van der Waals surface area contributed by atoms with E-state index in [9.17, 15) is 19.8 Å². The number of carbonyl (C=O) groups is 2. The summed E-state index contributed by atoms with van der Waals surface area (Å²) in [5, 5.41) is 32.8. The molecule has 3 aliphatic carbocycles. The van der Waals surface area contributed by atoms with E-state index in [-0.39, 0.29) is 55.6 Å². The number of benzene rings is 2. The molecule has 2 aromatic carbocycles. The van der Waals surface area contributed by atoms with Crippen molar-refractivity contribution in [2.24, 2.45) is 35.0 Å². The van der Waals surface area contributed by atoms with E-state index < -0.39 is 18.1 Å². The summed E-state index contributed by atoms with van der Waals surface area (Å²) in [7, 11) is 5.59. The maximum absolute atomic E-state index is 13.9. The van der Waals surface area contributed by atoms with Gasteiger partial charge in [0.1, 0.15) is 11.9 Å². The number of aliphatic hydroxyl groups excluding tert-OH is 2. The third-order valence-electron chi connectivity index (χ3n) is 12.5. The first-order chi connectivity index (χ1) is 26.9. The van der Waals surface area contributed by atoms with Crippen molar-refractivity contribution < 1.29 is 34.1 Å². The maximum Gasteiger partial charge on any atom is 0.251 e. The molecule has 0 radical (unpaired) electrons. The van der Waals surface area contributed by atoms with Crippen molar-refractivity contribution in [1.82, 2.24) is 20.6 Å². The molecule has 0 aromatic heterocycles. The van der Waals surface area contributed by atoms with Crippen LogP contribution in [0.4, 0.5) is 5.69 Å². The first-order valence-corrected chi connectivity index (χ1v) is 20.7. The topological polar surface area (TPSA) is 145 Å². The van der Waals surface area contributed by atoms with Crippen molar-refractivity contribution in [3.8, 4) is 16.9 Å². The number of anilines is 1. The van der Waals surface area contributed by atoms with E-state index in [0.717, 1.165) is 24.0 Å². The average Bonchev–Trinajstić information content (AvgIpc) is 3.49. The minimum atomic E-state index is -0.763. The van der Waals surface area contributed by atoms with E-state index >= 15 is 0 Å². The smallest absolute Gasteiger partial charge is 0.251 e. The van der Waals surface area contributed by atoms with Gasteiger partial charge in [0.25, 0.3) is 5.91 Å². The van der Waals surface area contributed by atoms with Gasteiger partial charge in [-0.3, -0.25) is 19.7 Å². The number of fused-ring (bicyclic) bond motifs is 2. The number of hydrogen-bond donors (Lipinski definition) is 5. The van der Waals surface area contributed by atoms with E-state index in [4.69, 9.17) is 14.3 Å². The number of hydroxylamine groups is 2. The van der Waals surface area contributed by atoms with Crippen molar-refractivity contribution in [1.29, 1.82) is 0 Å². The summed E-state index contributed by atoms with van der Waals surface area (Å²) in [6.07, 6.45) is 1.70. The van der Waals surface area contributed by atoms with Gasteiger partial charge in [0.15, 0.2) is 0 Å². The van der Waals surface area contributed by atoms with Crippen LogP contribution in [0.2, 0.25) is 0 Å². The van der Waals surface area contributed by atoms with Crippen molar-refractivity contribution in [2.45, 2.75) is 105 Å². The molecular weight excluding hydrogens is 723 g/mol. The summed E-state index contributed by atoms with van der Waals surface area (Å²) in [6, 6.07) is 11.0. The predicted octanol–water partition coefficient (Wildman–Crippen LogP) is 5.69. The average molecular weight is 792 g/mol. The Morgan fingerprint density at radius 3 is 2.44 bits per heavy atom. The number of likely N-dealkylation sites (N-methyl/N-ethyl adjacent to an activating group) is 1. The molecule has 12 nitrogen and oxygen atoms in total. The summed E-state index contributed by atoms with van der Waals surface area (Å²) in [6.45, 7) is 20.1. The first kappa shape index (κ1) is 44.7. The number of ether oxygens (including phenoxy) is 2. The van der Waals surface area contributed by atoms with Gasteiger partial charge in [-0.1, -0.05) is 71.9 Å². The number of nitrogens with zero attached hydrogens (tertiary/aromatic N) is 2. The molecule has 2 amide bonds. The number of para-hydroxylation sites is 1. The van der Waals surface area contributed by atoms with Crippen LogP contribution in [0.3, 0.4) is 0 Å².